The van der Waals surface area contributed by atoms with Crippen molar-refractivity contribution in [2.45, 2.75) is 31.7 Å². The molecule has 1 aliphatic carbocycles. The van der Waals surface area contributed by atoms with Crippen molar-refractivity contribution in [1.82, 2.24) is 5.32 Å². The van der Waals surface area contributed by atoms with Crippen LogP contribution in [-0.4, -0.2) is 25.0 Å². The number of amides is 1. The van der Waals surface area contributed by atoms with Gasteiger partial charge in [0.15, 0.2) is 0 Å². The fourth-order valence-corrected chi connectivity index (χ4v) is 2.65. The minimum absolute atomic E-state index is 0.0716. The maximum Gasteiger partial charge on any atom is 0.309 e. The van der Waals surface area contributed by atoms with Gasteiger partial charge in [-0.3, -0.25) is 9.59 Å². The SMILES string of the molecule is COC(=O)C1CCCC2NC(=O)CC21. The zero-order chi connectivity index (χ0) is 10.1. The summed E-state index contributed by atoms with van der Waals surface area (Å²) in [5, 5.41) is 2.92. The van der Waals surface area contributed by atoms with E-state index in [1.54, 1.807) is 0 Å². The van der Waals surface area contributed by atoms with Crippen LogP contribution in [-0.2, 0) is 14.3 Å². The summed E-state index contributed by atoms with van der Waals surface area (Å²) in [6, 6.07) is 0.209. The number of carbonyl (C=O) groups is 2. The van der Waals surface area contributed by atoms with E-state index in [1.807, 2.05) is 0 Å². The molecule has 0 radical (unpaired) electrons. The maximum absolute atomic E-state index is 11.5. The summed E-state index contributed by atoms with van der Waals surface area (Å²) in [6.45, 7) is 0. The summed E-state index contributed by atoms with van der Waals surface area (Å²) < 4.78 is 4.76. The average molecular weight is 197 g/mol. The largest absolute Gasteiger partial charge is 0.469 e. The van der Waals surface area contributed by atoms with Gasteiger partial charge in [0.1, 0.15) is 0 Å². The lowest BCUT2D eigenvalue weighted by atomic mass is 9.76. The quantitative estimate of drug-likeness (QED) is 0.621. The van der Waals surface area contributed by atoms with Gasteiger partial charge in [-0.2, -0.15) is 0 Å². The van der Waals surface area contributed by atoms with Gasteiger partial charge in [-0.15, -0.1) is 0 Å². The molecule has 2 fully saturated rings. The minimum Gasteiger partial charge on any atom is -0.469 e. The molecule has 0 bridgehead atoms. The number of nitrogens with one attached hydrogen (secondary N) is 1. The fraction of sp³-hybridized carbons (Fsp3) is 0.800. The molecule has 14 heavy (non-hydrogen) atoms. The van der Waals surface area contributed by atoms with Crippen molar-refractivity contribution in [2.24, 2.45) is 11.8 Å². The van der Waals surface area contributed by atoms with Crippen LogP contribution >= 0.6 is 0 Å². The van der Waals surface area contributed by atoms with Gasteiger partial charge in [0.25, 0.3) is 0 Å². The van der Waals surface area contributed by atoms with Crippen LogP contribution in [0.3, 0.4) is 0 Å². The molecule has 2 rings (SSSR count). The van der Waals surface area contributed by atoms with Crippen LogP contribution in [0.4, 0.5) is 0 Å². The van der Waals surface area contributed by atoms with Crippen molar-refractivity contribution in [3.8, 4) is 0 Å². The highest BCUT2D eigenvalue weighted by atomic mass is 16.5. The number of esters is 1. The van der Waals surface area contributed by atoms with E-state index in [4.69, 9.17) is 4.74 Å². The number of rotatable bonds is 1. The lowest BCUT2D eigenvalue weighted by Gasteiger charge is -2.30. The third-order valence-corrected chi connectivity index (χ3v) is 3.34. The Morgan fingerprint density at radius 2 is 2.29 bits per heavy atom. The number of hydrogen-bond acceptors (Lipinski definition) is 3. The van der Waals surface area contributed by atoms with Crippen molar-refractivity contribution >= 4 is 11.9 Å². The van der Waals surface area contributed by atoms with Gasteiger partial charge in [-0.05, 0) is 12.8 Å². The first-order valence-corrected chi connectivity index (χ1v) is 5.09. The van der Waals surface area contributed by atoms with E-state index in [9.17, 15) is 9.59 Å². The first-order chi connectivity index (χ1) is 6.72. The second kappa shape index (κ2) is 3.59. The topological polar surface area (TPSA) is 55.4 Å². The molecule has 3 unspecified atom stereocenters. The Hall–Kier alpha value is -1.06. The number of carbonyl (C=O) groups excluding carboxylic acids is 2. The van der Waals surface area contributed by atoms with Gasteiger partial charge in [-0.1, -0.05) is 6.42 Å². The van der Waals surface area contributed by atoms with Gasteiger partial charge in [0.05, 0.1) is 13.0 Å². The van der Waals surface area contributed by atoms with Gasteiger partial charge >= 0.3 is 5.97 Å². The molecule has 0 aromatic carbocycles. The molecule has 0 aromatic rings. The Bertz CT molecular complexity index is 264. The Labute approximate surface area is 83.0 Å². The Kier molecular flexibility index (Phi) is 2.44. The molecule has 1 heterocycles. The van der Waals surface area contributed by atoms with Crippen LogP contribution in [0.2, 0.25) is 0 Å². The van der Waals surface area contributed by atoms with Crippen molar-refractivity contribution in [1.29, 1.82) is 0 Å². The van der Waals surface area contributed by atoms with Crippen molar-refractivity contribution < 1.29 is 14.3 Å². The summed E-state index contributed by atoms with van der Waals surface area (Å²) in [7, 11) is 1.41. The predicted molar refractivity (Wildman–Crippen MR) is 49.4 cm³/mol. The van der Waals surface area contributed by atoms with Gasteiger partial charge in [-0.25, -0.2) is 0 Å². The maximum atomic E-state index is 11.5. The van der Waals surface area contributed by atoms with E-state index in [0.717, 1.165) is 19.3 Å². The van der Waals surface area contributed by atoms with E-state index in [0.29, 0.717) is 6.42 Å². The van der Waals surface area contributed by atoms with Crippen LogP contribution < -0.4 is 5.32 Å². The third kappa shape index (κ3) is 1.49. The molecular formula is C10H15NO3. The van der Waals surface area contributed by atoms with Crippen molar-refractivity contribution in [2.75, 3.05) is 7.11 Å². The molecular weight excluding hydrogens is 182 g/mol. The molecule has 1 saturated carbocycles. The predicted octanol–water partition coefficient (Wildman–Crippen LogP) is 0.464. The number of ether oxygens (including phenoxy) is 1. The molecule has 1 amide bonds. The molecule has 1 aliphatic heterocycles. The first-order valence-electron chi connectivity index (χ1n) is 5.09. The van der Waals surface area contributed by atoms with E-state index >= 15 is 0 Å². The van der Waals surface area contributed by atoms with E-state index in [2.05, 4.69) is 5.32 Å². The second-order valence-electron chi connectivity index (χ2n) is 4.10. The lowest BCUT2D eigenvalue weighted by molar-refractivity contribution is -0.148. The molecule has 4 heteroatoms. The summed E-state index contributed by atoms with van der Waals surface area (Å²) >= 11 is 0. The second-order valence-corrected chi connectivity index (χ2v) is 4.10. The van der Waals surface area contributed by atoms with Crippen LogP contribution in [0.1, 0.15) is 25.7 Å². The number of methoxy groups -OCH3 is 1. The summed E-state index contributed by atoms with van der Waals surface area (Å²) in [4.78, 5) is 22.7. The Balaban J connectivity index is 2.11. The highest BCUT2D eigenvalue weighted by Crippen LogP contribution is 2.36. The fourth-order valence-electron chi connectivity index (χ4n) is 2.65. The van der Waals surface area contributed by atoms with Crippen LogP contribution in [0.15, 0.2) is 0 Å². The zero-order valence-corrected chi connectivity index (χ0v) is 8.29. The standard InChI is InChI=1S/C10H15NO3/c1-14-10(13)6-3-2-4-8-7(6)5-9(12)11-8/h6-8H,2-5H2,1H3,(H,11,12). The van der Waals surface area contributed by atoms with Crippen LogP contribution in [0, 0.1) is 11.8 Å². The van der Waals surface area contributed by atoms with Crippen molar-refractivity contribution in [3.63, 3.8) is 0 Å². The molecule has 2 aliphatic rings. The average Bonchev–Trinajstić information content (AvgIpc) is 2.56. The summed E-state index contributed by atoms with van der Waals surface area (Å²) in [6.07, 6.45) is 3.36. The Morgan fingerprint density at radius 3 is 3.00 bits per heavy atom. The summed E-state index contributed by atoms with van der Waals surface area (Å²) in [5.41, 5.74) is 0. The monoisotopic (exact) mass is 197 g/mol. The normalized spacial score (nSPS) is 36.1. The molecule has 1 saturated heterocycles. The van der Waals surface area contributed by atoms with E-state index in [-0.39, 0.29) is 29.8 Å². The van der Waals surface area contributed by atoms with E-state index < -0.39 is 0 Å². The number of fused-ring (bicyclic) bond motifs is 1. The highest BCUT2D eigenvalue weighted by molar-refractivity contribution is 5.81. The Morgan fingerprint density at radius 1 is 1.50 bits per heavy atom. The third-order valence-electron chi connectivity index (χ3n) is 3.34. The molecule has 1 N–H and O–H groups in total. The lowest BCUT2D eigenvalue weighted by Crippen LogP contribution is -2.38. The summed E-state index contributed by atoms with van der Waals surface area (Å²) in [5.74, 6) is 0.0217. The molecule has 0 aromatic heterocycles. The van der Waals surface area contributed by atoms with Crippen LogP contribution in [0.25, 0.3) is 0 Å². The molecule has 78 valence electrons. The van der Waals surface area contributed by atoms with Gasteiger partial charge < -0.3 is 10.1 Å². The van der Waals surface area contributed by atoms with E-state index in [1.165, 1.54) is 7.11 Å². The zero-order valence-electron chi connectivity index (χ0n) is 8.29. The van der Waals surface area contributed by atoms with Crippen LogP contribution in [0.5, 0.6) is 0 Å². The highest BCUT2D eigenvalue weighted by Gasteiger charge is 2.43. The van der Waals surface area contributed by atoms with Gasteiger partial charge in [0.2, 0.25) is 5.91 Å². The molecule has 0 spiro atoms. The minimum atomic E-state index is -0.156. The molecule has 3 atom stereocenters. The smallest absolute Gasteiger partial charge is 0.309 e. The number of hydrogen-bond donors (Lipinski definition) is 1. The van der Waals surface area contributed by atoms with Crippen molar-refractivity contribution in [3.05, 3.63) is 0 Å². The van der Waals surface area contributed by atoms with Gasteiger partial charge in [0, 0.05) is 18.4 Å². The molecule has 4 nitrogen and oxygen atoms in total. The first kappa shape index (κ1) is 9.49.